The Kier molecular flexibility index (Phi) is 4.78. The van der Waals surface area contributed by atoms with Gasteiger partial charge in [-0.2, -0.15) is 0 Å². The summed E-state index contributed by atoms with van der Waals surface area (Å²) in [5.41, 5.74) is 1.23. The zero-order valence-corrected chi connectivity index (χ0v) is 13.4. The average Bonchev–Trinajstić information content (AvgIpc) is 2.74. The fourth-order valence-corrected chi connectivity index (χ4v) is 2.82. The highest BCUT2D eigenvalue weighted by molar-refractivity contribution is 7.13. The number of ether oxygens (including phenoxy) is 1. The third-order valence-electron chi connectivity index (χ3n) is 3.06. The molecule has 20 heavy (non-hydrogen) atoms. The number of aromatic nitrogens is 1. The van der Waals surface area contributed by atoms with E-state index in [1.165, 1.54) is 11.3 Å². The van der Waals surface area contributed by atoms with Gasteiger partial charge in [0.15, 0.2) is 5.13 Å². The van der Waals surface area contributed by atoms with Crippen LogP contribution in [0.5, 0.6) is 0 Å². The van der Waals surface area contributed by atoms with Crippen LogP contribution in [-0.4, -0.2) is 48.6 Å². The number of hydrogen-bond acceptors (Lipinski definition) is 5. The van der Waals surface area contributed by atoms with E-state index in [9.17, 15) is 4.79 Å². The number of hydrogen-bond donors (Lipinski definition) is 1. The van der Waals surface area contributed by atoms with Gasteiger partial charge in [-0.15, -0.1) is 11.3 Å². The van der Waals surface area contributed by atoms with Crippen molar-refractivity contribution in [2.45, 2.75) is 33.3 Å². The van der Waals surface area contributed by atoms with Crippen LogP contribution in [0.2, 0.25) is 0 Å². The van der Waals surface area contributed by atoms with Crippen molar-refractivity contribution in [3.8, 4) is 0 Å². The minimum Gasteiger partial charge on any atom is -0.366 e. The SMILES string of the molecule is CN1CCOC(C(=O)Nc2nc(CC(C)(C)C)cs2)C1. The van der Waals surface area contributed by atoms with Gasteiger partial charge in [0.25, 0.3) is 5.91 Å². The number of amides is 1. The summed E-state index contributed by atoms with van der Waals surface area (Å²) in [6.07, 6.45) is 0.505. The van der Waals surface area contributed by atoms with Crippen LogP contribution >= 0.6 is 11.3 Å². The first-order valence-electron chi connectivity index (χ1n) is 6.89. The zero-order valence-electron chi connectivity index (χ0n) is 12.6. The van der Waals surface area contributed by atoms with Crippen LogP contribution in [0.15, 0.2) is 5.38 Å². The van der Waals surface area contributed by atoms with Crippen molar-refractivity contribution in [2.24, 2.45) is 5.41 Å². The number of carbonyl (C=O) groups excluding carboxylic acids is 1. The van der Waals surface area contributed by atoms with Crippen molar-refractivity contribution in [3.63, 3.8) is 0 Å². The highest BCUT2D eigenvalue weighted by Gasteiger charge is 2.25. The second-order valence-electron chi connectivity index (χ2n) is 6.49. The molecule has 1 fully saturated rings. The lowest BCUT2D eigenvalue weighted by Gasteiger charge is -2.28. The quantitative estimate of drug-likeness (QED) is 0.927. The van der Waals surface area contributed by atoms with E-state index in [1.54, 1.807) is 0 Å². The summed E-state index contributed by atoms with van der Waals surface area (Å²) in [6.45, 7) is 8.63. The smallest absolute Gasteiger partial charge is 0.256 e. The van der Waals surface area contributed by atoms with Crippen molar-refractivity contribution >= 4 is 22.4 Å². The van der Waals surface area contributed by atoms with Gasteiger partial charge in [-0.25, -0.2) is 4.98 Å². The third-order valence-corrected chi connectivity index (χ3v) is 3.86. The molecule has 2 heterocycles. The molecule has 1 aliphatic rings. The summed E-state index contributed by atoms with van der Waals surface area (Å²) in [7, 11) is 1.99. The molecule has 1 unspecified atom stereocenters. The molecule has 1 N–H and O–H groups in total. The van der Waals surface area contributed by atoms with Crippen molar-refractivity contribution in [1.29, 1.82) is 0 Å². The molecule has 2 rings (SSSR count). The van der Waals surface area contributed by atoms with Crippen molar-refractivity contribution in [3.05, 3.63) is 11.1 Å². The highest BCUT2D eigenvalue weighted by atomic mass is 32.1. The molecule has 1 amide bonds. The Morgan fingerprint density at radius 1 is 1.60 bits per heavy atom. The molecule has 1 aromatic rings. The van der Waals surface area contributed by atoms with Gasteiger partial charge < -0.3 is 9.64 Å². The van der Waals surface area contributed by atoms with Gasteiger partial charge in [0.2, 0.25) is 0 Å². The molecule has 6 heteroatoms. The topological polar surface area (TPSA) is 54.5 Å². The molecule has 5 nitrogen and oxygen atoms in total. The summed E-state index contributed by atoms with van der Waals surface area (Å²) in [5, 5.41) is 5.52. The highest BCUT2D eigenvalue weighted by Crippen LogP contribution is 2.24. The number of likely N-dealkylation sites (N-methyl/N-ethyl adjacent to an activating group) is 1. The minimum atomic E-state index is -0.399. The molecule has 0 radical (unpaired) electrons. The van der Waals surface area contributed by atoms with E-state index in [4.69, 9.17) is 4.74 Å². The van der Waals surface area contributed by atoms with Crippen LogP contribution in [0.4, 0.5) is 5.13 Å². The third kappa shape index (κ3) is 4.54. The lowest BCUT2D eigenvalue weighted by molar-refractivity contribution is -0.132. The lowest BCUT2D eigenvalue weighted by Crippen LogP contribution is -2.46. The van der Waals surface area contributed by atoms with E-state index < -0.39 is 6.10 Å². The maximum atomic E-state index is 12.1. The molecule has 0 saturated carbocycles. The van der Waals surface area contributed by atoms with Gasteiger partial charge in [-0.05, 0) is 18.9 Å². The Bertz CT molecular complexity index is 467. The molecule has 0 aliphatic carbocycles. The van der Waals surface area contributed by atoms with Gasteiger partial charge in [0, 0.05) is 18.5 Å². The Morgan fingerprint density at radius 3 is 3.00 bits per heavy atom. The minimum absolute atomic E-state index is 0.104. The van der Waals surface area contributed by atoms with Crippen LogP contribution in [-0.2, 0) is 16.0 Å². The van der Waals surface area contributed by atoms with E-state index in [0.717, 1.165) is 18.7 Å². The van der Waals surface area contributed by atoms with E-state index in [0.29, 0.717) is 18.3 Å². The summed E-state index contributed by atoms with van der Waals surface area (Å²) < 4.78 is 5.49. The van der Waals surface area contributed by atoms with Crippen LogP contribution in [0.1, 0.15) is 26.5 Å². The second kappa shape index (κ2) is 6.20. The average molecular weight is 297 g/mol. The number of morpholine rings is 1. The Labute approximate surface area is 124 Å². The summed E-state index contributed by atoms with van der Waals surface area (Å²) >= 11 is 1.47. The van der Waals surface area contributed by atoms with Gasteiger partial charge in [-0.1, -0.05) is 20.8 Å². The maximum Gasteiger partial charge on any atom is 0.256 e. The van der Waals surface area contributed by atoms with Crippen molar-refractivity contribution in [1.82, 2.24) is 9.88 Å². The van der Waals surface area contributed by atoms with Crippen LogP contribution < -0.4 is 5.32 Å². The second-order valence-corrected chi connectivity index (χ2v) is 7.35. The van der Waals surface area contributed by atoms with Gasteiger partial charge in [0.1, 0.15) is 6.10 Å². The first-order valence-corrected chi connectivity index (χ1v) is 7.77. The Balaban J connectivity index is 1.91. The number of nitrogens with one attached hydrogen (secondary N) is 1. The number of anilines is 1. The fraction of sp³-hybridized carbons (Fsp3) is 0.714. The monoisotopic (exact) mass is 297 g/mol. The number of thiazole rings is 1. The molecule has 1 aromatic heterocycles. The molecule has 1 atom stereocenters. The van der Waals surface area contributed by atoms with Gasteiger partial charge in [-0.3, -0.25) is 10.1 Å². The summed E-state index contributed by atoms with van der Waals surface area (Å²) in [5.74, 6) is -0.104. The van der Waals surface area contributed by atoms with E-state index in [1.807, 2.05) is 12.4 Å². The first kappa shape index (κ1) is 15.4. The van der Waals surface area contributed by atoms with Gasteiger partial charge >= 0.3 is 0 Å². The Morgan fingerprint density at radius 2 is 2.35 bits per heavy atom. The van der Waals surface area contributed by atoms with Crippen LogP contribution in [0.3, 0.4) is 0 Å². The molecular formula is C14H23N3O2S. The lowest BCUT2D eigenvalue weighted by atomic mass is 9.91. The predicted molar refractivity (Wildman–Crippen MR) is 81.1 cm³/mol. The van der Waals surface area contributed by atoms with Crippen molar-refractivity contribution in [2.75, 3.05) is 32.1 Å². The Hall–Kier alpha value is -0.980. The number of nitrogens with zero attached hydrogens (tertiary/aromatic N) is 2. The zero-order chi connectivity index (χ0) is 14.8. The summed E-state index contributed by atoms with van der Waals surface area (Å²) in [4.78, 5) is 18.7. The molecular weight excluding hydrogens is 274 g/mol. The predicted octanol–water partition coefficient (Wildman–Crippen LogP) is 2.00. The van der Waals surface area contributed by atoms with E-state index in [2.05, 4.69) is 36.0 Å². The molecule has 1 saturated heterocycles. The fourth-order valence-electron chi connectivity index (χ4n) is 2.11. The van der Waals surface area contributed by atoms with Crippen LogP contribution in [0, 0.1) is 5.41 Å². The normalized spacial score (nSPS) is 20.9. The standard InChI is InChI=1S/C14H23N3O2S/c1-14(2,3)7-10-9-20-13(15-10)16-12(18)11-8-17(4)5-6-19-11/h9,11H,5-8H2,1-4H3,(H,15,16,18). The maximum absolute atomic E-state index is 12.1. The molecule has 0 bridgehead atoms. The molecule has 0 spiro atoms. The number of carbonyl (C=O) groups is 1. The summed E-state index contributed by atoms with van der Waals surface area (Å²) in [6, 6.07) is 0. The molecule has 0 aromatic carbocycles. The number of rotatable bonds is 3. The largest absolute Gasteiger partial charge is 0.366 e. The first-order chi connectivity index (χ1) is 9.33. The van der Waals surface area contributed by atoms with E-state index >= 15 is 0 Å². The molecule has 112 valence electrons. The van der Waals surface area contributed by atoms with Gasteiger partial charge in [0.05, 0.1) is 12.3 Å². The molecule has 1 aliphatic heterocycles. The van der Waals surface area contributed by atoms with Crippen molar-refractivity contribution < 1.29 is 9.53 Å². The van der Waals surface area contributed by atoms with Crippen LogP contribution in [0.25, 0.3) is 0 Å². The van der Waals surface area contributed by atoms with E-state index in [-0.39, 0.29) is 11.3 Å².